The molecule has 6 heteroatoms. The number of nitriles is 1. The van der Waals surface area contributed by atoms with Crippen LogP contribution in [0.1, 0.15) is 30.9 Å². The molecular formula is C18H23FN4O. The third-order valence-corrected chi connectivity index (χ3v) is 4.85. The van der Waals surface area contributed by atoms with Crippen LogP contribution >= 0.6 is 0 Å². The maximum absolute atomic E-state index is 14.2. The lowest BCUT2D eigenvalue weighted by molar-refractivity contribution is -0.126. The van der Waals surface area contributed by atoms with Crippen LogP contribution in [0.3, 0.4) is 0 Å². The van der Waals surface area contributed by atoms with Gasteiger partial charge in [-0.1, -0.05) is 12.1 Å². The molecule has 1 saturated carbocycles. The molecule has 0 spiro atoms. The Kier molecular flexibility index (Phi) is 5.12. The molecule has 5 nitrogen and oxygen atoms in total. The van der Waals surface area contributed by atoms with E-state index in [-0.39, 0.29) is 17.5 Å². The Balaban J connectivity index is 1.52. The average Bonchev–Trinajstić information content (AvgIpc) is 3.41. The third-order valence-electron chi connectivity index (χ3n) is 4.85. The van der Waals surface area contributed by atoms with Crippen LogP contribution in [0.4, 0.5) is 4.39 Å². The number of benzene rings is 1. The topological polar surface area (TPSA) is 59.4 Å². The van der Waals surface area contributed by atoms with E-state index in [0.717, 1.165) is 39.0 Å². The maximum atomic E-state index is 14.2. The van der Waals surface area contributed by atoms with Crippen LogP contribution in [0.15, 0.2) is 18.2 Å². The van der Waals surface area contributed by atoms with E-state index in [4.69, 9.17) is 5.26 Å². The summed E-state index contributed by atoms with van der Waals surface area (Å²) in [6, 6.07) is 7.10. The summed E-state index contributed by atoms with van der Waals surface area (Å²) in [7, 11) is 0. The standard InChI is InChI=1S/C18H23FN4O/c1-13(18(24)21-16-5-6-16)23-9-7-22(8-10-23)12-15-4-2-3-14(11-20)17(15)19/h2-4,13,16H,5-10,12H2,1H3,(H,21,24)/t13-/m1/s1. The van der Waals surface area contributed by atoms with Crippen LogP contribution in [0.25, 0.3) is 0 Å². The van der Waals surface area contributed by atoms with Gasteiger partial charge in [0.1, 0.15) is 11.9 Å². The van der Waals surface area contributed by atoms with Gasteiger partial charge in [0, 0.05) is 44.3 Å². The van der Waals surface area contributed by atoms with Gasteiger partial charge in [-0.2, -0.15) is 5.26 Å². The van der Waals surface area contributed by atoms with Gasteiger partial charge in [0.15, 0.2) is 0 Å². The van der Waals surface area contributed by atoms with E-state index >= 15 is 0 Å². The molecule has 0 aromatic heterocycles. The first kappa shape index (κ1) is 16.9. The zero-order valence-corrected chi connectivity index (χ0v) is 14.0. The van der Waals surface area contributed by atoms with E-state index in [1.165, 1.54) is 6.07 Å². The number of carbonyl (C=O) groups is 1. The van der Waals surface area contributed by atoms with Gasteiger partial charge in [0.25, 0.3) is 0 Å². The Morgan fingerprint density at radius 3 is 2.71 bits per heavy atom. The van der Waals surface area contributed by atoms with Gasteiger partial charge in [-0.3, -0.25) is 14.6 Å². The van der Waals surface area contributed by atoms with E-state index in [1.54, 1.807) is 12.1 Å². The molecule has 2 aliphatic rings. The molecule has 0 radical (unpaired) electrons. The van der Waals surface area contributed by atoms with E-state index in [9.17, 15) is 9.18 Å². The van der Waals surface area contributed by atoms with Gasteiger partial charge in [-0.15, -0.1) is 0 Å². The molecular weight excluding hydrogens is 307 g/mol. The van der Waals surface area contributed by atoms with Crippen molar-refractivity contribution in [3.8, 4) is 6.07 Å². The van der Waals surface area contributed by atoms with Crippen molar-refractivity contribution in [2.45, 2.75) is 38.4 Å². The highest BCUT2D eigenvalue weighted by molar-refractivity contribution is 5.81. The van der Waals surface area contributed by atoms with Crippen molar-refractivity contribution in [2.24, 2.45) is 0 Å². The zero-order valence-electron chi connectivity index (χ0n) is 14.0. The largest absolute Gasteiger partial charge is 0.352 e. The molecule has 1 aromatic carbocycles. The van der Waals surface area contributed by atoms with Gasteiger partial charge >= 0.3 is 0 Å². The molecule has 1 amide bonds. The molecule has 0 unspecified atom stereocenters. The summed E-state index contributed by atoms with van der Waals surface area (Å²) >= 11 is 0. The number of rotatable bonds is 5. The Labute approximate surface area is 142 Å². The first-order valence-corrected chi connectivity index (χ1v) is 8.52. The summed E-state index contributed by atoms with van der Waals surface area (Å²) in [6.07, 6.45) is 2.19. The molecule has 1 aromatic rings. The van der Waals surface area contributed by atoms with E-state index in [0.29, 0.717) is 18.2 Å². The van der Waals surface area contributed by atoms with Gasteiger partial charge < -0.3 is 5.32 Å². The predicted molar refractivity (Wildman–Crippen MR) is 88.6 cm³/mol. The molecule has 24 heavy (non-hydrogen) atoms. The predicted octanol–water partition coefficient (Wildman–Crippen LogP) is 1.48. The van der Waals surface area contributed by atoms with Gasteiger partial charge in [0.05, 0.1) is 11.6 Å². The van der Waals surface area contributed by atoms with Gasteiger partial charge in [-0.25, -0.2) is 4.39 Å². The molecule has 1 aliphatic heterocycles. The molecule has 1 aliphatic carbocycles. The summed E-state index contributed by atoms with van der Waals surface area (Å²) in [5.74, 6) is -0.307. The van der Waals surface area contributed by atoms with Gasteiger partial charge in [-0.05, 0) is 25.8 Å². The molecule has 128 valence electrons. The molecule has 1 saturated heterocycles. The Hall–Kier alpha value is -1.97. The van der Waals surface area contributed by atoms with Gasteiger partial charge in [0.2, 0.25) is 5.91 Å². The fourth-order valence-corrected chi connectivity index (χ4v) is 3.05. The zero-order chi connectivity index (χ0) is 17.1. The van der Waals surface area contributed by atoms with Crippen LogP contribution in [0.2, 0.25) is 0 Å². The lowest BCUT2D eigenvalue weighted by Gasteiger charge is -2.37. The van der Waals surface area contributed by atoms with Crippen LogP contribution in [0, 0.1) is 17.1 Å². The average molecular weight is 330 g/mol. The number of nitrogens with zero attached hydrogens (tertiary/aromatic N) is 3. The number of nitrogens with one attached hydrogen (secondary N) is 1. The highest BCUT2D eigenvalue weighted by Crippen LogP contribution is 2.20. The van der Waals surface area contributed by atoms with Crippen LogP contribution in [0.5, 0.6) is 0 Å². The smallest absolute Gasteiger partial charge is 0.237 e. The SMILES string of the molecule is C[C@H](C(=O)NC1CC1)N1CCN(Cc2cccc(C#N)c2F)CC1. The number of piperazine rings is 1. The second-order valence-electron chi connectivity index (χ2n) is 6.66. The Morgan fingerprint density at radius 2 is 2.08 bits per heavy atom. The summed E-state index contributed by atoms with van der Waals surface area (Å²) in [5, 5.41) is 12.0. The second kappa shape index (κ2) is 7.29. The summed E-state index contributed by atoms with van der Waals surface area (Å²) in [6.45, 7) is 5.60. The van der Waals surface area contributed by atoms with Crippen molar-refractivity contribution >= 4 is 5.91 Å². The monoisotopic (exact) mass is 330 g/mol. The minimum Gasteiger partial charge on any atom is -0.352 e. The van der Waals surface area contributed by atoms with Crippen LogP contribution in [-0.4, -0.2) is 54.0 Å². The second-order valence-corrected chi connectivity index (χ2v) is 6.66. The van der Waals surface area contributed by atoms with E-state index in [2.05, 4.69) is 15.1 Å². The third kappa shape index (κ3) is 3.92. The molecule has 2 fully saturated rings. The molecule has 1 atom stereocenters. The summed E-state index contributed by atoms with van der Waals surface area (Å²) in [5.41, 5.74) is 0.651. The lowest BCUT2D eigenvalue weighted by atomic mass is 10.1. The van der Waals surface area contributed by atoms with Crippen molar-refractivity contribution < 1.29 is 9.18 Å². The summed E-state index contributed by atoms with van der Waals surface area (Å²) in [4.78, 5) is 16.5. The minimum absolute atomic E-state index is 0.0940. The lowest BCUT2D eigenvalue weighted by Crippen LogP contribution is -2.53. The number of hydrogen-bond donors (Lipinski definition) is 1. The normalized spacial score (nSPS) is 20.4. The van der Waals surface area contributed by atoms with Crippen molar-refractivity contribution in [1.82, 2.24) is 15.1 Å². The molecule has 0 bridgehead atoms. The molecule has 1 N–H and O–H groups in total. The maximum Gasteiger partial charge on any atom is 0.237 e. The number of halogens is 1. The number of amides is 1. The number of hydrogen-bond acceptors (Lipinski definition) is 4. The molecule has 1 heterocycles. The van der Waals surface area contributed by atoms with Crippen molar-refractivity contribution in [1.29, 1.82) is 5.26 Å². The summed E-state index contributed by atoms with van der Waals surface area (Å²) < 4.78 is 14.2. The fraction of sp³-hybridized carbons (Fsp3) is 0.556. The Morgan fingerprint density at radius 1 is 1.38 bits per heavy atom. The van der Waals surface area contributed by atoms with Crippen molar-refractivity contribution in [2.75, 3.05) is 26.2 Å². The first-order valence-electron chi connectivity index (χ1n) is 8.52. The minimum atomic E-state index is -0.417. The van der Waals surface area contributed by atoms with Crippen molar-refractivity contribution in [3.63, 3.8) is 0 Å². The van der Waals surface area contributed by atoms with Crippen molar-refractivity contribution in [3.05, 3.63) is 35.1 Å². The van der Waals surface area contributed by atoms with E-state index in [1.807, 2.05) is 13.0 Å². The first-order chi connectivity index (χ1) is 11.6. The Bertz CT molecular complexity index is 645. The molecule has 3 rings (SSSR count). The van der Waals surface area contributed by atoms with E-state index < -0.39 is 5.82 Å². The fourth-order valence-electron chi connectivity index (χ4n) is 3.05. The number of carbonyl (C=O) groups excluding carboxylic acids is 1. The highest BCUT2D eigenvalue weighted by atomic mass is 19.1. The quantitative estimate of drug-likeness (QED) is 0.888. The highest BCUT2D eigenvalue weighted by Gasteiger charge is 2.30. The van der Waals surface area contributed by atoms with Crippen LogP contribution < -0.4 is 5.32 Å². The van der Waals surface area contributed by atoms with Crippen LogP contribution in [-0.2, 0) is 11.3 Å².